The Bertz CT molecular complexity index is 744. The molecule has 0 heterocycles. The van der Waals surface area contributed by atoms with Gasteiger partial charge in [-0.1, -0.05) is 62.7 Å². The van der Waals surface area contributed by atoms with Crippen molar-refractivity contribution in [1.82, 2.24) is 0 Å². The predicted molar refractivity (Wildman–Crippen MR) is 114 cm³/mol. The zero-order valence-corrected chi connectivity index (χ0v) is 17.2. The SMILES string of the molecule is Cc1ccc(C2CCC(CC(=O)Nc3ccc(C(C)(C)C)cc3)CC2)cc1. The summed E-state index contributed by atoms with van der Waals surface area (Å²) in [5.41, 5.74) is 5.11. The van der Waals surface area contributed by atoms with Gasteiger partial charge in [0.2, 0.25) is 5.91 Å². The van der Waals surface area contributed by atoms with E-state index in [9.17, 15) is 4.79 Å². The van der Waals surface area contributed by atoms with Crippen LogP contribution in [0.15, 0.2) is 48.5 Å². The molecule has 2 aromatic rings. The molecular formula is C25H33NO. The summed E-state index contributed by atoms with van der Waals surface area (Å²) >= 11 is 0. The van der Waals surface area contributed by atoms with Crippen LogP contribution in [0.3, 0.4) is 0 Å². The van der Waals surface area contributed by atoms with E-state index in [2.05, 4.69) is 69.4 Å². The van der Waals surface area contributed by atoms with Gasteiger partial charge in [0.25, 0.3) is 0 Å². The molecule has 2 heteroatoms. The van der Waals surface area contributed by atoms with Crippen LogP contribution in [0, 0.1) is 12.8 Å². The highest BCUT2D eigenvalue weighted by Gasteiger charge is 2.24. The van der Waals surface area contributed by atoms with E-state index in [0.29, 0.717) is 18.3 Å². The molecule has 1 amide bonds. The number of carbonyl (C=O) groups is 1. The number of amides is 1. The third kappa shape index (κ3) is 5.45. The fourth-order valence-electron chi connectivity index (χ4n) is 4.07. The molecular weight excluding hydrogens is 330 g/mol. The van der Waals surface area contributed by atoms with Gasteiger partial charge in [-0.15, -0.1) is 0 Å². The second-order valence-electron chi connectivity index (χ2n) is 9.21. The first-order valence-corrected chi connectivity index (χ1v) is 10.3. The number of hydrogen-bond donors (Lipinski definition) is 1. The summed E-state index contributed by atoms with van der Waals surface area (Å²) in [5.74, 6) is 1.33. The van der Waals surface area contributed by atoms with Crippen molar-refractivity contribution >= 4 is 11.6 Å². The molecule has 1 N–H and O–H groups in total. The first-order valence-electron chi connectivity index (χ1n) is 10.3. The zero-order chi connectivity index (χ0) is 19.4. The Labute approximate surface area is 164 Å². The molecule has 2 nitrogen and oxygen atoms in total. The van der Waals surface area contributed by atoms with E-state index in [1.165, 1.54) is 29.5 Å². The summed E-state index contributed by atoms with van der Waals surface area (Å²) in [7, 11) is 0. The number of rotatable bonds is 4. The summed E-state index contributed by atoms with van der Waals surface area (Å²) in [6, 6.07) is 17.2. The molecule has 1 aliphatic rings. The molecule has 1 aliphatic carbocycles. The van der Waals surface area contributed by atoms with Crippen LogP contribution in [0.4, 0.5) is 5.69 Å². The summed E-state index contributed by atoms with van der Waals surface area (Å²) in [6.07, 6.45) is 5.33. The molecule has 0 atom stereocenters. The molecule has 1 saturated carbocycles. The van der Waals surface area contributed by atoms with E-state index in [1.54, 1.807) is 0 Å². The minimum Gasteiger partial charge on any atom is -0.326 e. The van der Waals surface area contributed by atoms with Crippen LogP contribution >= 0.6 is 0 Å². The number of nitrogens with one attached hydrogen (secondary N) is 1. The van der Waals surface area contributed by atoms with Crippen LogP contribution in [-0.2, 0) is 10.2 Å². The number of anilines is 1. The van der Waals surface area contributed by atoms with Gasteiger partial charge < -0.3 is 5.32 Å². The third-order valence-electron chi connectivity index (χ3n) is 5.90. The Hall–Kier alpha value is -2.09. The topological polar surface area (TPSA) is 29.1 Å². The standard InChI is InChI=1S/C25H33NO/c1-18-5-9-20(10-6-18)21-11-7-19(8-12-21)17-24(27)26-23-15-13-22(14-16-23)25(2,3)4/h5-6,9-10,13-16,19,21H,7-8,11-12,17H2,1-4H3,(H,26,27). The summed E-state index contributed by atoms with van der Waals surface area (Å²) in [6.45, 7) is 8.74. The highest BCUT2D eigenvalue weighted by atomic mass is 16.1. The summed E-state index contributed by atoms with van der Waals surface area (Å²) < 4.78 is 0. The average molecular weight is 364 g/mol. The lowest BCUT2D eigenvalue weighted by Crippen LogP contribution is -2.20. The number of aryl methyl sites for hydroxylation is 1. The monoisotopic (exact) mass is 363 g/mol. The van der Waals surface area contributed by atoms with Crippen molar-refractivity contribution in [3.8, 4) is 0 Å². The summed E-state index contributed by atoms with van der Waals surface area (Å²) in [5, 5.41) is 3.08. The molecule has 144 valence electrons. The zero-order valence-electron chi connectivity index (χ0n) is 17.2. The van der Waals surface area contributed by atoms with Crippen LogP contribution in [0.25, 0.3) is 0 Å². The van der Waals surface area contributed by atoms with Crippen LogP contribution in [0.5, 0.6) is 0 Å². The number of carbonyl (C=O) groups excluding carboxylic acids is 1. The molecule has 0 aromatic heterocycles. The fourth-order valence-corrected chi connectivity index (χ4v) is 4.07. The molecule has 3 rings (SSSR count). The maximum absolute atomic E-state index is 12.4. The van der Waals surface area contributed by atoms with Gasteiger partial charge in [-0.05, 0) is 73.1 Å². The minimum atomic E-state index is 0.138. The Morgan fingerprint density at radius 3 is 2.07 bits per heavy atom. The lowest BCUT2D eigenvalue weighted by atomic mass is 9.77. The first-order chi connectivity index (χ1) is 12.8. The van der Waals surface area contributed by atoms with Crippen LogP contribution in [-0.4, -0.2) is 5.91 Å². The van der Waals surface area contributed by atoms with Crippen molar-refractivity contribution < 1.29 is 4.79 Å². The molecule has 2 aromatic carbocycles. The fraction of sp³-hybridized carbons (Fsp3) is 0.480. The molecule has 0 saturated heterocycles. The average Bonchev–Trinajstić information content (AvgIpc) is 2.63. The highest BCUT2D eigenvalue weighted by molar-refractivity contribution is 5.90. The van der Waals surface area contributed by atoms with Crippen molar-refractivity contribution in [2.75, 3.05) is 5.32 Å². The van der Waals surface area contributed by atoms with E-state index in [4.69, 9.17) is 0 Å². The van der Waals surface area contributed by atoms with Crippen molar-refractivity contribution in [3.63, 3.8) is 0 Å². The van der Waals surface area contributed by atoms with E-state index in [1.807, 2.05) is 12.1 Å². The van der Waals surface area contributed by atoms with Crippen molar-refractivity contribution in [2.24, 2.45) is 5.92 Å². The molecule has 0 unspecified atom stereocenters. The van der Waals surface area contributed by atoms with Crippen LogP contribution in [0.1, 0.15) is 75.5 Å². The Balaban J connectivity index is 1.47. The van der Waals surface area contributed by atoms with Crippen LogP contribution in [0.2, 0.25) is 0 Å². The first kappa shape index (κ1) is 19.7. The molecule has 0 spiro atoms. The normalized spacial score (nSPS) is 20.3. The smallest absolute Gasteiger partial charge is 0.224 e. The molecule has 1 fully saturated rings. The molecule has 27 heavy (non-hydrogen) atoms. The molecule has 0 bridgehead atoms. The number of hydrogen-bond acceptors (Lipinski definition) is 1. The van der Waals surface area contributed by atoms with E-state index < -0.39 is 0 Å². The van der Waals surface area contributed by atoms with Crippen molar-refractivity contribution in [3.05, 3.63) is 65.2 Å². The molecule has 0 radical (unpaired) electrons. The predicted octanol–water partition coefficient (Wildman–Crippen LogP) is 6.60. The van der Waals surface area contributed by atoms with Crippen LogP contribution < -0.4 is 5.32 Å². The largest absolute Gasteiger partial charge is 0.326 e. The van der Waals surface area contributed by atoms with Crippen molar-refractivity contribution in [1.29, 1.82) is 0 Å². The lowest BCUT2D eigenvalue weighted by molar-refractivity contribution is -0.117. The Kier molecular flexibility index (Phi) is 6.04. The quantitative estimate of drug-likeness (QED) is 0.652. The van der Waals surface area contributed by atoms with Gasteiger partial charge >= 0.3 is 0 Å². The van der Waals surface area contributed by atoms with E-state index in [-0.39, 0.29) is 11.3 Å². The van der Waals surface area contributed by atoms with E-state index in [0.717, 1.165) is 18.5 Å². The summed E-state index contributed by atoms with van der Waals surface area (Å²) in [4.78, 5) is 12.4. The minimum absolute atomic E-state index is 0.138. The Morgan fingerprint density at radius 2 is 1.52 bits per heavy atom. The third-order valence-corrected chi connectivity index (χ3v) is 5.90. The van der Waals surface area contributed by atoms with Gasteiger partial charge in [0.05, 0.1) is 0 Å². The molecule has 0 aliphatic heterocycles. The maximum atomic E-state index is 12.4. The van der Waals surface area contributed by atoms with Gasteiger partial charge in [0.1, 0.15) is 0 Å². The lowest BCUT2D eigenvalue weighted by Gasteiger charge is -2.28. The van der Waals surface area contributed by atoms with Gasteiger partial charge in [-0.25, -0.2) is 0 Å². The number of benzene rings is 2. The second-order valence-corrected chi connectivity index (χ2v) is 9.21. The van der Waals surface area contributed by atoms with Gasteiger partial charge in [0.15, 0.2) is 0 Å². The van der Waals surface area contributed by atoms with E-state index >= 15 is 0 Å². The van der Waals surface area contributed by atoms with Gasteiger partial charge in [-0.2, -0.15) is 0 Å². The van der Waals surface area contributed by atoms with Gasteiger partial charge in [0, 0.05) is 12.1 Å². The maximum Gasteiger partial charge on any atom is 0.224 e. The van der Waals surface area contributed by atoms with Gasteiger partial charge in [-0.3, -0.25) is 4.79 Å². The second kappa shape index (κ2) is 8.29. The van der Waals surface area contributed by atoms with Crippen molar-refractivity contribution in [2.45, 2.75) is 71.1 Å². The Morgan fingerprint density at radius 1 is 0.926 bits per heavy atom. The highest BCUT2D eigenvalue weighted by Crippen LogP contribution is 2.37.